The van der Waals surface area contributed by atoms with Gasteiger partial charge in [-0.1, -0.05) is 26.3 Å². The van der Waals surface area contributed by atoms with Crippen molar-refractivity contribution in [2.24, 2.45) is 11.7 Å². The van der Waals surface area contributed by atoms with Gasteiger partial charge < -0.3 is 10.3 Å². The summed E-state index contributed by atoms with van der Waals surface area (Å²) in [5, 5.41) is 0. The number of rotatable bonds is 3. The Morgan fingerprint density at radius 2 is 2.29 bits per heavy atom. The van der Waals surface area contributed by atoms with Crippen LogP contribution < -0.4 is 11.3 Å². The maximum atomic E-state index is 12.0. The molecule has 0 spiro atoms. The first-order valence-corrected chi connectivity index (χ1v) is 6.61. The van der Waals surface area contributed by atoms with Crippen LogP contribution in [0.1, 0.15) is 50.4 Å². The van der Waals surface area contributed by atoms with Crippen LogP contribution in [-0.2, 0) is 13.0 Å². The molecule has 0 radical (unpaired) electrons. The molecule has 1 aromatic heterocycles. The third kappa shape index (κ3) is 2.44. The zero-order chi connectivity index (χ0) is 12.4. The molecule has 2 atom stereocenters. The van der Waals surface area contributed by atoms with Crippen LogP contribution in [0.3, 0.4) is 0 Å². The van der Waals surface area contributed by atoms with E-state index in [9.17, 15) is 4.79 Å². The molecule has 3 heteroatoms. The molecular formula is C14H22N2O. The molecule has 17 heavy (non-hydrogen) atoms. The Balaban J connectivity index is 2.43. The predicted molar refractivity (Wildman–Crippen MR) is 70.0 cm³/mol. The summed E-state index contributed by atoms with van der Waals surface area (Å²) in [6.45, 7) is 5.18. The van der Waals surface area contributed by atoms with Crippen molar-refractivity contribution in [2.45, 2.75) is 52.1 Å². The smallest absolute Gasteiger partial charge is 0.250 e. The lowest BCUT2D eigenvalue weighted by atomic mass is 9.91. The van der Waals surface area contributed by atoms with Crippen LogP contribution in [0.4, 0.5) is 0 Å². The average molecular weight is 234 g/mol. The van der Waals surface area contributed by atoms with Crippen molar-refractivity contribution >= 4 is 0 Å². The predicted octanol–water partition coefficient (Wildman–Crippen LogP) is 2.23. The van der Waals surface area contributed by atoms with Crippen LogP contribution in [0.25, 0.3) is 0 Å². The fourth-order valence-corrected chi connectivity index (χ4v) is 2.54. The van der Waals surface area contributed by atoms with Crippen LogP contribution in [-0.4, -0.2) is 4.57 Å². The number of hydrogen-bond acceptors (Lipinski definition) is 2. The second kappa shape index (κ2) is 5.05. The fourth-order valence-electron chi connectivity index (χ4n) is 2.54. The highest BCUT2D eigenvalue weighted by molar-refractivity contribution is 5.27. The second-order valence-electron chi connectivity index (χ2n) is 5.20. The molecule has 0 aromatic carbocycles. The number of hydrogen-bond donors (Lipinski definition) is 1. The van der Waals surface area contributed by atoms with E-state index in [0.717, 1.165) is 32.2 Å². The van der Waals surface area contributed by atoms with E-state index in [0.29, 0.717) is 5.92 Å². The van der Waals surface area contributed by atoms with Crippen molar-refractivity contribution < 1.29 is 0 Å². The number of fused-ring (bicyclic) bond motifs is 1. The van der Waals surface area contributed by atoms with Crippen LogP contribution in [0.2, 0.25) is 0 Å². The van der Waals surface area contributed by atoms with Crippen LogP contribution in [0.15, 0.2) is 16.9 Å². The van der Waals surface area contributed by atoms with E-state index in [1.807, 2.05) is 10.6 Å². The summed E-state index contributed by atoms with van der Waals surface area (Å²) in [6, 6.07) is 3.71. The molecule has 2 unspecified atom stereocenters. The number of aromatic nitrogens is 1. The van der Waals surface area contributed by atoms with E-state index in [1.54, 1.807) is 6.07 Å². The SMILES string of the molecule is CCC(C)Cn1c2c(ccc1=O)C(N)CCC2. The summed E-state index contributed by atoms with van der Waals surface area (Å²) in [4.78, 5) is 12.0. The van der Waals surface area contributed by atoms with E-state index in [2.05, 4.69) is 13.8 Å². The Kier molecular flexibility index (Phi) is 3.67. The van der Waals surface area contributed by atoms with E-state index in [4.69, 9.17) is 5.73 Å². The van der Waals surface area contributed by atoms with Crippen LogP contribution in [0.5, 0.6) is 0 Å². The summed E-state index contributed by atoms with van der Waals surface area (Å²) in [5.41, 5.74) is 8.59. The minimum Gasteiger partial charge on any atom is -0.324 e. The third-order valence-corrected chi connectivity index (χ3v) is 3.85. The van der Waals surface area contributed by atoms with Gasteiger partial charge in [0.25, 0.3) is 5.56 Å². The molecule has 2 rings (SSSR count). The molecule has 1 aliphatic carbocycles. The van der Waals surface area contributed by atoms with Gasteiger partial charge in [0.15, 0.2) is 0 Å². The van der Waals surface area contributed by atoms with E-state index >= 15 is 0 Å². The van der Waals surface area contributed by atoms with Gasteiger partial charge in [-0.25, -0.2) is 0 Å². The quantitative estimate of drug-likeness (QED) is 0.871. The molecule has 0 fully saturated rings. The van der Waals surface area contributed by atoms with Gasteiger partial charge in [-0.15, -0.1) is 0 Å². The molecule has 0 amide bonds. The zero-order valence-electron chi connectivity index (χ0n) is 10.8. The van der Waals surface area contributed by atoms with Gasteiger partial charge in [-0.3, -0.25) is 4.79 Å². The van der Waals surface area contributed by atoms with Crippen molar-refractivity contribution in [3.8, 4) is 0 Å². The van der Waals surface area contributed by atoms with Gasteiger partial charge in [0.05, 0.1) is 0 Å². The molecule has 0 saturated heterocycles. The lowest BCUT2D eigenvalue weighted by molar-refractivity contribution is 0.432. The minimum atomic E-state index is 0.113. The van der Waals surface area contributed by atoms with E-state index in [-0.39, 0.29) is 11.6 Å². The standard InChI is InChI=1S/C14H22N2O/c1-3-10(2)9-16-13-6-4-5-12(15)11(13)7-8-14(16)17/h7-8,10,12H,3-6,9,15H2,1-2H3. The Morgan fingerprint density at radius 1 is 1.53 bits per heavy atom. The first-order valence-electron chi connectivity index (χ1n) is 6.61. The Hall–Kier alpha value is -1.09. The van der Waals surface area contributed by atoms with E-state index < -0.39 is 0 Å². The number of nitrogens with two attached hydrogens (primary N) is 1. The number of nitrogens with zero attached hydrogens (tertiary/aromatic N) is 1. The summed E-state index contributed by atoms with van der Waals surface area (Å²) in [7, 11) is 0. The Bertz CT molecular complexity index is 450. The van der Waals surface area contributed by atoms with Crippen molar-refractivity contribution in [1.82, 2.24) is 4.57 Å². The summed E-state index contributed by atoms with van der Waals surface area (Å²) in [6.07, 6.45) is 4.23. The molecule has 0 saturated carbocycles. The topological polar surface area (TPSA) is 48.0 Å². The minimum absolute atomic E-state index is 0.113. The normalized spacial score (nSPS) is 21.0. The first-order chi connectivity index (χ1) is 8.13. The van der Waals surface area contributed by atoms with Gasteiger partial charge in [0, 0.05) is 24.3 Å². The maximum Gasteiger partial charge on any atom is 0.250 e. The monoisotopic (exact) mass is 234 g/mol. The Labute approximate surface area is 103 Å². The molecule has 1 aliphatic rings. The summed E-state index contributed by atoms with van der Waals surface area (Å²) < 4.78 is 1.95. The third-order valence-electron chi connectivity index (χ3n) is 3.85. The second-order valence-corrected chi connectivity index (χ2v) is 5.20. The lowest BCUT2D eigenvalue weighted by Gasteiger charge is -2.26. The maximum absolute atomic E-state index is 12.0. The van der Waals surface area contributed by atoms with Crippen molar-refractivity contribution in [2.75, 3.05) is 0 Å². The number of pyridine rings is 1. The lowest BCUT2D eigenvalue weighted by Crippen LogP contribution is -2.30. The van der Waals surface area contributed by atoms with Gasteiger partial charge in [0.2, 0.25) is 0 Å². The Morgan fingerprint density at radius 3 is 3.00 bits per heavy atom. The van der Waals surface area contributed by atoms with Gasteiger partial charge in [0.1, 0.15) is 0 Å². The van der Waals surface area contributed by atoms with Crippen molar-refractivity contribution in [3.63, 3.8) is 0 Å². The van der Waals surface area contributed by atoms with Gasteiger partial charge in [-0.05, 0) is 30.7 Å². The largest absolute Gasteiger partial charge is 0.324 e. The molecule has 3 nitrogen and oxygen atoms in total. The highest BCUT2D eigenvalue weighted by atomic mass is 16.1. The molecule has 2 N–H and O–H groups in total. The highest BCUT2D eigenvalue weighted by Crippen LogP contribution is 2.27. The first kappa shape index (κ1) is 12.4. The highest BCUT2D eigenvalue weighted by Gasteiger charge is 2.20. The van der Waals surface area contributed by atoms with Crippen LogP contribution >= 0.6 is 0 Å². The van der Waals surface area contributed by atoms with Crippen LogP contribution in [0, 0.1) is 5.92 Å². The molecule has 0 bridgehead atoms. The zero-order valence-corrected chi connectivity index (χ0v) is 10.8. The average Bonchev–Trinajstić information content (AvgIpc) is 2.33. The molecule has 0 aliphatic heterocycles. The molecule has 1 heterocycles. The molecule has 1 aromatic rings. The van der Waals surface area contributed by atoms with Gasteiger partial charge in [-0.2, -0.15) is 0 Å². The van der Waals surface area contributed by atoms with Gasteiger partial charge >= 0.3 is 0 Å². The van der Waals surface area contributed by atoms with E-state index in [1.165, 1.54) is 11.3 Å². The summed E-state index contributed by atoms with van der Waals surface area (Å²) in [5.74, 6) is 0.539. The molecule has 94 valence electrons. The molecular weight excluding hydrogens is 212 g/mol. The van der Waals surface area contributed by atoms with Crippen molar-refractivity contribution in [1.29, 1.82) is 0 Å². The van der Waals surface area contributed by atoms with Crippen molar-refractivity contribution in [3.05, 3.63) is 33.7 Å². The summed E-state index contributed by atoms with van der Waals surface area (Å²) >= 11 is 0. The fraction of sp³-hybridized carbons (Fsp3) is 0.643.